The lowest BCUT2D eigenvalue weighted by molar-refractivity contribution is 0.177. The number of rotatable bonds is 4. The summed E-state index contributed by atoms with van der Waals surface area (Å²) < 4.78 is 0. The fourth-order valence-electron chi connectivity index (χ4n) is 3.07. The Bertz CT molecular complexity index is 139. The summed E-state index contributed by atoms with van der Waals surface area (Å²) in [5, 5.41) is 7.30. The van der Waals surface area contributed by atoms with E-state index >= 15 is 0 Å². The predicted octanol–water partition coefficient (Wildman–Crippen LogP) is 2.25. The summed E-state index contributed by atoms with van der Waals surface area (Å²) in [5.41, 5.74) is 0.660. The van der Waals surface area contributed by atoms with Gasteiger partial charge in [0.1, 0.15) is 0 Å². The highest BCUT2D eigenvalue weighted by atomic mass is 15.3. The molecule has 13 heavy (non-hydrogen) atoms. The van der Waals surface area contributed by atoms with Crippen LogP contribution in [-0.2, 0) is 0 Å². The van der Waals surface area contributed by atoms with E-state index < -0.39 is 0 Å². The summed E-state index contributed by atoms with van der Waals surface area (Å²) in [6, 6.07) is 0. The molecule has 0 atom stereocenters. The highest BCUT2D eigenvalue weighted by Crippen LogP contribution is 2.37. The van der Waals surface area contributed by atoms with Gasteiger partial charge in [-0.2, -0.15) is 0 Å². The van der Waals surface area contributed by atoms with Crippen LogP contribution < -0.4 is 10.6 Å². The molecular formula is C11H24N2. The molecular weight excluding hydrogens is 160 g/mol. The van der Waals surface area contributed by atoms with E-state index in [1.807, 2.05) is 0 Å². The van der Waals surface area contributed by atoms with E-state index in [9.17, 15) is 0 Å². The van der Waals surface area contributed by atoms with Crippen molar-refractivity contribution in [1.29, 1.82) is 0 Å². The van der Waals surface area contributed by atoms with E-state index in [0.717, 1.165) is 6.67 Å². The van der Waals surface area contributed by atoms with E-state index in [1.54, 1.807) is 0 Å². The van der Waals surface area contributed by atoms with Crippen LogP contribution in [0.5, 0.6) is 0 Å². The van der Waals surface area contributed by atoms with Crippen LogP contribution in [0.25, 0.3) is 0 Å². The first kappa shape index (κ1) is 11.0. The summed E-state index contributed by atoms with van der Waals surface area (Å²) in [7, 11) is 0. The lowest BCUT2D eigenvalue weighted by Crippen LogP contribution is -2.58. The quantitative estimate of drug-likeness (QED) is 0.700. The highest BCUT2D eigenvalue weighted by molar-refractivity contribution is 5.12. The molecule has 1 rings (SSSR count). The topological polar surface area (TPSA) is 24.1 Å². The van der Waals surface area contributed by atoms with Crippen LogP contribution in [0.1, 0.15) is 53.4 Å². The number of hydrogen-bond donors (Lipinski definition) is 2. The lowest BCUT2D eigenvalue weighted by atomic mass is 9.71. The molecule has 0 amide bonds. The second kappa shape index (κ2) is 3.97. The van der Waals surface area contributed by atoms with Crippen LogP contribution in [-0.4, -0.2) is 17.7 Å². The Morgan fingerprint density at radius 1 is 0.769 bits per heavy atom. The van der Waals surface area contributed by atoms with Crippen LogP contribution in [0, 0.1) is 0 Å². The monoisotopic (exact) mass is 184 g/mol. The zero-order valence-electron chi connectivity index (χ0n) is 9.54. The first-order valence-corrected chi connectivity index (χ1v) is 5.70. The van der Waals surface area contributed by atoms with E-state index in [-0.39, 0.29) is 0 Å². The van der Waals surface area contributed by atoms with Crippen LogP contribution in [0.15, 0.2) is 0 Å². The highest BCUT2D eigenvalue weighted by Gasteiger charge is 2.49. The second-order valence-electron chi connectivity index (χ2n) is 4.11. The van der Waals surface area contributed by atoms with Crippen molar-refractivity contribution in [2.45, 2.75) is 64.5 Å². The molecule has 2 N–H and O–H groups in total. The minimum Gasteiger partial charge on any atom is -0.297 e. The van der Waals surface area contributed by atoms with Crippen molar-refractivity contribution in [2.24, 2.45) is 0 Å². The van der Waals surface area contributed by atoms with E-state index in [4.69, 9.17) is 0 Å². The van der Waals surface area contributed by atoms with Crippen LogP contribution in [0.3, 0.4) is 0 Å². The summed E-state index contributed by atoms with van der Waals surface area (Å²) in [5.74, 6) is 0. The lowest BCUT2D eigenvalue weighted by Gasteiger charge is -2.44. The molecule has 1 aliphatic rings. The fourth-order valence-corrected chi connectivity index (χ4v) is 3.07. The van der Waals surface area contributed by atoms with Crippen LogP contribution in [0.2, 0.25) is 0 Å². The number of hydrogen-bond acceptors (Lipinski definition) is 2. The molecule has 0 saturated carbocycles. The smallest absolute Gasteiger partial charge is 0.0464 e. The Morgan fingerprint density at radius 3 is 1.31 bits per heavy atom. The van der Waals surface area contributed by atoms with Gasteiger partial charge in [0.15, 0.2) is 0 Å². The maximum atomic E-state index is 3.65. The van der Waals surface area contributed by atoms with Crippen LogP contribution in [0.4, 0.5) is 0 Å². The second-order valence-corrected chi connectivity index (χ2v) is 4.11. The molecule has 0 aromatic rings. The molecule has 0 bridgehead atoms. The largest absolute Gasteiger partial charge is 0.297 e. The third-order valence-electron chi connectivity index (χ3n) is 4.18. The molecule has 0 radical (unpaired) electrons. The summed E-state index contributed by atoms with van der Waals surface area (Å²) in [6.45, 7) is 10.2. The first-order valence-electron chi connectivity index (χ1n) is 5.70. The number of nitrogens with one attached hydrogen (secondary N) is 2. The Balaban J connectivity index is 2.92. The van der Waals surface area contributed by atoms with Crippen molar-refractivity contribution in [3.8, 4) is 0 Å². The average Bonchev–Trinajstić information content (AvgIpc) is 2.57. The summed E-state index contributed by atoms with van der Waals surface area (Å²) in [4.78, 5) is 0. The maximum absolute atomic E-state index is 3.65. The minimum absolute atomic E-state index is 0.330. The third kappa shape index (κ3) is 1.40. The van der Waals surface area contributed by atoms with Crippen molar-refractivity contribution in [2.75, 3.05) is 6.67 Å². The minimum atomic E-state index is 0.330. The van der Waals surface area contributed by atoms with E-state index in [1.165, 1.54) is 25.7 Å². The first-order chi connectivity index (χ1) is 6.20. The SMILES string of the molecule is CCC1(CC)NCNC1(CC)CC. The van der Waals surface area contributed by atoms with E-state index in [0.29, 0.717) is 11.1 Å². The molecule has 1 aliphatic heterocycles. The van der Waals surface area contributed by atoms with Gasteiger partial charge in [-0.15, -0.1) is 0 Å². The molecule has 0 spiro atoms. The van der Waals surface area contributed by atoms with Crippen LogP contribution >= 0.6 is 0 Å². The van der Waals surface area contributed by atoms with Crippen molar-refractivity contribution in [3.05, 3.63) is 0 Å². The average molecular weight is 184 g/mol. The molecule has 2 heteroatoms. The van der Waals surface area contributed by atoms with Gasteiger partial charge in [-0.05, 0) is 25.7 Å². The standard InChI is InChI=1S/C11H24N2/c1-5-10(6-2)11(7-3,8-4)13-9-12-10/h12-13H,5-9H2,1-4H3. The summed E-state index contributed by atoms with van der Waals surface area (Å²) >= 11 is 0. The van der Waals surface area contributed by atoms with Gasteiger partial charge in [-0.1, -0.05) is 27.7 Å². The fraction of sp³-hybridized carbons (Fsp3) is 1.00. The van der Waals surface area contributed by atoms with Crippen molar-refractivity contribution in [1.82, 2.24) is 10.6 Å². The van der Waals surface area contributed by atoms with E-state index in [2.05, 4.69) is 38.3 Å². The molecule has 0 aromatic heterocycles. The predicted molar refractivity (Wildman–Crippen MR) is 57.8 cm³/mol. The van der Waals surface area contributed by atoms with Gasteiger partial charge in [0, 0.05) is 17.7 Å². The summed E-state index contributed by atoms with van der Waals surface area (Å²) in [6.07, 6.45) is 4.88. The Hall–Kier alpha value is -0.0800. The van der Waals surface area contributed by atoms with Gasteiger partial charge in [0.05, 0.1) is 0 Å². The zero-order valence-corrected chi connectivity index (χ0v) is 9.54. The molecule has 78 valence electrons. The zero-order chi connectivity index (χ0) is 9.95. The molecule has 0 aromatic carbocycles. The Morgan fingerprint density at radius 2 is 1.08 bits per heavy atom. The van der Waals surface area contributed by atoms with Gasteiger partial charge < -0.3 is 0 Å². The Labute approximate surface area is 82.5 Å². The van der Waals surface area contributed by atoms with Gasteiger partial charge in [0.2, 0.25) is 0 Å². The maximum Gasteiger partial charge on any atom is 0.0464 e. The molecule has 1 fully saturated rings. The van der Waals surface area contributed by atoms with Gasteiger partial charge >= 0.3 is 0 Å². The third-order valence-corrected chi connectivity index (χ3v) is 4.18. The molecule has 2 nitrogen and oxygen atoms in total. The molecule has 0 aliphatic carbocycles. The van der Waals surface area contributed by atoms with Crippen molar-refractivity contribution >= 4 is 0 Å². The molecule has 0 unspecified atom stereocenters. The van der Waals surface area contributed by atoms with Gasteiger partial charge in [0.25, 0.3) is 0 Å². The van der Waals surface area contributed by atoms with Crippen molar-refractivity contribution in [3.63, 3.8) is 0 Å². The van der Waals surface area contributed by atoms with Gasteiger partial charge in [-0.3, -0.25) is 10.6 Å². The van der Waals surface area contributed by atoms with Crippen molar-refractivity contribution < 1.29 is 0 Å². The molecule has 1 heterocycles. The Kier molecular flexibility index (Phi) is 3.36. The normalized spacial score (nSPS) is 24.9. The van der Waals surface area contributed by atoms with Gasteiger partial charge in [-0.25, -0.2) is 0 Å². The molecule has 1 saturated heterocycles.